The van der Waals surface area contributed by atoms with Crippen LogP contribution in [0.5, 0.6) is 0 Å². The third-order valence-corrected chi connectivity index (χ3v) is 4.45. The van der Waals surface area contributed by atoms with Gasteiger partial charge in [0.1, 0.15) is 23.3 Å². The molecule has 2 heterocycles. The number of carboxylic acids is 1. The van der Waals surface area contributed by atoms with Crippen LogP contribution >= 0.6 is 11.3 Å². The molecule has 1 aliphatic heterocycles. The van der Waals surface area contributed by atoms with Crippen LogP contribution in [-0.4, -0.2) is 68.2 Å². The van der Waals surface area contributed by atoms with Crippen molar-refractivity contribution in [2.24, 2.45) is 0 Å². The number of carboxylic acid groups (broad SMARTS) is 1. The predicted octanol–water partition coefficient (Wildman–Crippen LogP) is -1.19. The zero-order valence-corrected chi connectivity index (χ0v) is 13.5. The Hall–Kier alpha value is -2.01. The van der Waals surface area contributed by atoms with Crippen molar-refractivity contribution < 1.29 is 34.8 Å². The number of hydrogen-bond acceptors (Lipinski definition) is 8. The molecule has 1 aromatic heterocycles. The van der Waals surface area contributed by atoms with Gasteiger partial charge in [-0.2, -0.15) is 0 Å². The van der Waals surface area contributed by atoms with Crippen molar-refractivity contribution in [3.05, 3.63) is 28.4 Å². The van der Waals surface area contributed by atoms with Crippen molar-refractivity contribution >= 4 is 23.2 Å². The fourth-order valence-electron chi connectivity index (χ4n) is 2.49. The van der Waals surface area contributed by atoms with Gasteiger partial charge >= 0.3 is 5.97 Å². The molecule has 1 aliphatic rings. The molecular weight excluding hydrogens is 340 g/mol. The van der Waals surface area contributed by atoms with Gasteiger partial charge in [0.05, 0.1) is 18.6 Å². The van der Waals surface area contributed by atoms with Gasteiger partial charge in [0.25, 0.3) is 0 Å². The quantitative estimate of drug-likeness (QED) is 0.426. The highest BCUT2D eigenvalue weighted by atomic mass is 32.1. The second-order valence-electron chi connectivity index (χ2n) is 5.28. The van der Waals surface area contributed by atoms with Crippen LogP contribution in [0.15, 0.2) is 23.4 Å². The average Bonchev–Trinajstić information content (AvgIpc) is 3.07. The van der Waals surface area contributed by atoms with Gasteiger partial charge in [-0.3, -0.25) is 4.79 Å². The van der Waals surface area contributed by atoms with Gasteiger partial charge in [-0.15, -0.1) is 11.3 Å². The Morgan fingerprint density at radius 3 is 2.67 bits per heavy atom. The van der Waals surface area contributed by atoms with E-state index in [9.17, 15) is 24.9 Å². The number of carbonyl (C=O) groups is 2. The monoisotopic (exact) mass is 358 g/mol. The van der Waals surface area contributed by atoms with Crippen LogP contribution in [0.25, 0.3) is 0 Å². The maximum absolute atomic E-state index is 11.5. The zero-order chi connectivity index (χ0) is 17.9. The highest BCUT2D eigenvalue weighted by Gasteiger charge is 2.44. The van der Waals surface area contributed by atoms with Crippen molar-refractivity contribution in [2.75, 3.05) is 6.61 Å². The Bertz CT molecular complexity index is 619. The summed E-state index contributed by atoms with van der Waals surface area (Å²) in [6.07, 6.45) is -1.62. The zero-order valence-electron chi connectivity index (χ0n) is 12.7. The minimum absolute atomic E-state index is 0.423. The number of aliphatic carboxylic acids is 1. The van der Waals surface area contributed by atoms with Crippen molar-refractivity contribution in [3.8, 4) is 0 Å². The molecule has 1 aromatic rings. The summed E-state index contributed by atoms with van der Waals surface area (Å²) in [6, 6.07) is -0.868. The molecular formula is C14H18N2O7S. The summed E-state index contributed by atoms with van der Waals surface area (Å²) in [4.78, 5) is 27.0. The topological polar surface area (TPSA) is 149 Å². The lowest BCUT2D eigenvalue weighted by Gasteiger charge is -2.39. The molecule has 0 saturated carbocycles. The third-order valence-electron chi connectivity index (χ3n) is 3.57. The summed E-state index contributed by atoms with van der Waals surface area (Å²) in [7, 11) is 0. The van der Waals surface area contributed by atoms with E-state index in [-0.39, 0.29) is 0 Å². The van der Waals surface area contributed by atoms with Gasteiger partial charge in [-0.05, 0) is 6.08 Å². The van der Waals surface area contributed by atoms with E-state index in [2.05, 4.69) is 10.3 Å². The molecule has 5 atom stereocenters. The summed E-state index contributed by atoms with van der Waals surface area (Å²) in [5, 5.41) is 43.0. The van der Waals surface area contributed by atoms with E-state index in [4.69, 9.17) is 9.84 Å². The number of aliphatic hydroxyl groups excluding tert-OH is 3. The molecule has 0 radical (unpaired) electrons. The maximum Gasteiger partial charge on any atom is 0.370 e. The number of carbonyl (C=O) groups excluding carboxylic acids is 1. The molecule has 9 nitrogen and oxygen atoms in total. The molecule has 0 aromatic carbocycles. The van der Waals surface area contributed by atoms with Crippen LogP contribution < -0.4 is 5.32 Å². The smallest absolute Gasteiger partial charge is 0.370 e. The average molecular weight is 358 g/mol. The summed E-state index contributed by atoms with van der Waals surface area (Å²) in [5.74, 6) is -2.87. The van der Waals surface area contributed by atoms with Gasteiger partial charge in [0.2, 0.25) is 11.7 Å². The SMILES string of the molecule is CC(=O)N[C@@H]1C(c2nccs2)C=C(C(=O)O)OC1[C@H](O)[C@H](O)CO. The Labute approximate surface area is 141 Å². The lowest BCUT2D eigenvalue weighted by atomic mass is 9.87. The first-order valence-electron chi connectivity index (χ1n) is 7.10. The van der Waals surface area contributed by atoms with Gasteiger partial charge < -0.3 is 30.5 Å². The largest absolute Gasteiger partial charge is 0.478 e. The van der Waals surface area contributed by atoms with E-state index < -0.39 is 54.5 Å². The summed E-state index contributed by atoms with van der Waals surface area (Å²) in [5.41, 5.74) is 0. The van der Waals surface area contributed by atoms with E-state index in [1.54, 1.807) is 5.38 Å². The highest BCUT2D eigenvalue weighted by molar-refractivity contribution is 7.09. The van der Waals surface area contributed by atoms with Gasteiger partial charge in [0, 0.05) is 18.5 Å². The predicted molar refractivity (Wildman–Crippen MR) is 82.2 cm³/mol. The van der Waals surface area contributed by atoms with Crippen LogP contribution in [0.4, 0.5) is 0 Å². The number of ether oxygens (including phenoxy) is 1. The molecule has 2 unspecified atom stereocenters. The first kappa shape index (κ1) is 18.3. The Morgan fingerprint density at radius 2 is 2.17 bits per heavy atom. The molecule has 132 valence electrons. The van der Waals surface area contributed by atoms with Crippen molar-refractivity contribution in [1.29, 1.82) is 0 Å². The van der Waals surface area contributed by atoms with Crippen LogP contribution in [0.1, 0.15) is 17.8 Å². The molecule has 1 amide bonds. The first-order chi connectivity index (χ1) is 11.3. The van der Waals surface area contributed by atoms with Crippen LogP contribution in [0, 0.1) is 0 Å². The molecule has 0 saturated heterocycles. The Balaban J connectivity index is 2.45. The summed E-state index contributed by atoms with van der Waals surface area (Å²) < 4.78 is 5.28. The Kier molecular flexibility index (Phi) is 5.89. The molecule has 0 spiro atoms. The number of aliphatic hydroxyl groups is 3. The normalized spacial score (nSPS) is 26.0. The van der Waals surface area contributed by atoms with Crippen LogP contribution in [0.2, 0.25) is 0 Å². The fourth-order valence-corrected chi connectivity index (χ4v) is 3.25. The second kappa shape index (κ2) is 7.71. The minimum Gasteiger partial charge on any atom is -0.478 e. The lowest BCUT2D eigenvalue weighted by molar-refractivity contribution is -0.146. The van der Waals surface area contributed by atoms with E-state index in [0.717, 1.165) is 0 Å². The van der Waals surface area contributed by atoms with Crippen LogP contribution in [0.3, 0.4) is 0 Å². The third kappa shape index (κ3) is 3.90. The lowest BCUT2D eigenvalue weighted by Crippen LogP contribution is -2.57. The summed E-state index contributed by atoms with van der Waals surface area (Å²) in [6.45, 7) is 0.517. The second-order valence-corrected chi connectivity index (χ2v) is 6.21. The highest BCUT2D eigenvalue weighted by Crippen LogP contribution is 2.34. The van der Waals surface area contributed by atoms with E-state index in [0.29, 0.717) is 5.01 Å². The number of rotatable bonds is 6. The molecule has 5 N–H and O–H groups in total. The molecule has 0 fully saturated rings. The minimum atomic E-state index is -1.61. The van der Waals surface area contributed by atoms with Crippen molar-refractivity contribution in [2.45, 2.75) is 37.2 Å². The van der Waals surface area contributed by atoms with Gasteiger partial charge in [-0.1, -0.05) is 0 Å². The first-order valence-corrected chi connectivity index (χ1v) is 7.98. The number of amides is 1. The number of nitrogens with zero attached hydrogens (tertiary/aromatic N) is 1. The number of aromatic nitrogens is 1. The molecule has 2 rings (SSSR count). The van der Waals surface area contributed by atoms with E-state index >= 15 is 0 Å². The maximum atomic E-state index is 11.5. The molecule has 10 heteroatoms. The van der Waals surface area contributed by atoms with Gasteiger partial charge in [-0.25, -0.2) is 9.78 Å². The molecule has 0 bridgehead atoms. The van der Waals surface area contributed by atoms with E-state index in [1.165, 1.54) is 30.5 Å². The summed E-state index contributed by atoms with van der Waals surface area (Å²) >= 11 is 1.25. The van der Waals surface area contributed by atoms with Crippen molar-refractivity contribution in [1.82, 2.24) is 10.3 Å². The molecule has 24 heavy (non-hydrogen) atoms. The van der Waals surface area contributed by atoms with Crippen molar-refractivity contribution in [3.63, 3.8) is 0 Å². The number of thiazole rings is 1. The number of nitrogens with one attached hydrogen (secondary N) is 1. The van der Waals surface area contributed by atoms with E-state index in [1.807, 2.05) is 0 Å². The van der Waals surface area contributed by atoms with Gasteiger partial charge in [0.15, 0.2) is 0 Å². The van der Waals surface area contributed by atoms with Crippen LogP contribution in [-0.2, 0) is 14.3 Å². The molecule has 0 aliphatic carbocycles. The number of hydrogen-bond donors (Lipinski definition) is 5. The fraction of sp³-hybridized carbons (Fsp3) is 0.500. The Morgan fingerprint density at radius 1 is 1.46 bits per heavy atom. The standard InChI is InChI=1S/C14H18N2O7S/c1-6(18)16-10-7(13-15-2-3-24-13)4-9(14(21)22)23-12(10)11(20)8(19)5-17/h2-4,7-8,10-12,17,19-20H,5H2,1H3,(H,16,18)(H,21,22)/t7?,8-,10-,11-,12?/m1/s1.